The predicted octanol–water partition coefficient (Wildman–Crippen LogP) is 3.32. The highest BCUT2D eigenvalue weighted by Crippen LogP contribution is 2.16. The van der Waals surface area contributed by atoms with Crippen LogP contribution in [0.1, 0.15) is 18.1 Å². The zero-order chi connectivity index (χ0) is 17.5. The number of anilines is 1. The molecule has 0 bridgehead atoms. The summed E-state index contributed by atoms with van der Waals surface area (Å²) in [6, 6.07) is 15.3. The van der Waals surface area contributed by atoms with Crippen LogP contribution in [0.5, 0.6) is 0 Å². The normalized spacial score (nSPS) is 11.2. The topological polar surface area (TPSA) is 79.2 Å². The van der Waals surface area contributed by atoms with E-state index in [0.717, 1.165) is 0 Å². The predicted molar refractivity (Wildman–Crippen MR) is 90.5 cm³/mol. The Labute approximate surface area is 144 Å². The molecular weight excluding hydrogens is 328 g/mol. The van der Waals surface area contributed by atoms with Crippen molar-refractivity contribution in [3.8, 4) is 6.07 Å². The van der Waals surface area contributed by atoms with Crippen molar-refractivity contribution in [2.45, 2.75) is 19.4 Å². The molecular formula is C18H15ClN2O3. The first kappa shape index (κ1) is 17.5. The average molecular weight is 343 g/mol. The van der Waals surface area contributed by atoms with Gasteiger partial charge in [-0.15, -0.1) is 0 Å². The molecule has 1 amide bonds. The van der Waals surface area contributed by atoms with Crippen molar-refractivity contribution < 1.29 is 14.3 Å². The molecule has 1 N–H and O–H groups in total. The molecule has 24 heavy (non-hydrogen) atoms. The van der Waals surface area contributed by atoms with Crippen LogP contribution in [-0.2, 0) is 20.7 Å². The number of nitrogens with zero attached hydrogens (tertiary/aromatic N) is 1. The van der Waals surface area contributed by atoms with Gasteiger partial charge in [-0.05, 0) is 42.8 Å². The molecule has 1 atom stereocenters. The van der Waals surface area contributed by atoms with Crippen LogP contribution in [0.25, 0.3) is 0 Å². The molecule has 6 heteroatoms. The summed E-state index contributed by atoms with van der Waals surface area (Å²) in [7, 11) is 0. The number of hydrogen-bond acceptors (Lipinski definition) is 4. The molecule has 2 aromatic carbocycles. The van der Waals surface area contributed by atoms with Gasteiger partial charge in [0, 0.05) is 10.7 Å². The molecule has 122 valence electrons. The number of esters is 1. The van der Waals surface area contributed by atoms with E-state index in [1.54, 1.807) is 48.5 Å². The molecule has 0 aliphatic carbocycles. The Kier molecular flexibility index (Phi) is 5.94. The highest BCUT2D eigenvalue weighted by atomic mass is 35.5. The largest absolute Gasteiger partial charge is 0.452 e. The smallest absolute Gasteiger partial charge is 0.311 e. The second kappa shape index (κ2) is 8.14. The third-order valence-electron chi connectivity index (χ3n) is 3.25. The Morgan fingerprint density at radius 2 is 1.88 bits per heavy atom. The molecule has 0 saturated heterocycles. The van der Waals surface area contributed by atoms with Gasteiger partial charge in [-0.1, -0.05) is 29.8 Å². The van der Waals surface area contributed by atoms with E-state index in [1.807, 2.05) is 6.07 Å². The SMILES string of the molecule is C[C@@H](OC(=O)Cc1ccccc1Cl)C(=O)Nc1ccc(C#N)cc1. The van der Waals surface area contributed by atoms with Crippen LogP contribution in [-0.4, -0.2) is 18.0 Å². The fraction of sp³-hybridized carbons (Fsp3) is 0.167. The van der Waals surface area contributed by atoms with Crippen LogP contribution < -0.4 is 5.32 Å². The fourth-order valence-corrected chi connectivity index (χ4v) is 2.16. The van der Waals surface area contributed by atoms with Gasteiger partial charge in [0.05, 0.1) is 18.1 Å². The van der Waals surface area contributed by atoms with E-state index < -0.39 is 18.0 Å². The average Bonchev–Trinajstić information content (AvgIpc) is 2.57. The zero-order valence-electron chi connectivity index (χ0n) is 13.0. The number of hydrogen-bond donors (Lipinski definition) is 1. The van der Waals surface area contributed by atoms with Crippen LogP contribution in [0, 0.1) is 11.3 Å². The van der Waals surface area contributed by atoms with E-state index in [9.17, 15) is 9.59 Å². The number of halogens is 1. The maximum atomic E-state index is 12.0. The number of ether oxygens (including phenoxy) is 1. The molecule has 2 rings (SSSR count). The third kappa shape index (κ3) is 4.83. The number of nitriles is 1. The van der Waals surface area contributed by atoms with E-state index in [4.69, 9.17) is 21.6 Å². The Bertz CT molecular complexity index is 782. The summed E-state index contributed by atoms with van der Waals surface area (Å²) >= 11 is 5.99. The minimum atomic E-state index is -0.948. The first-order valence-corrected chi connectivity index (χ1v) is 7.61. The molecule has 0 aliphatic rings. The minimum absolute atomic E-state index is 0.00579. The number of benzene rings is 2. The van der Waals surface area contributed by atoms with Gasteiger partial charge in [0.15, 0.2) is 6.10 Å². The molecule has 0 aliphatic heterocycles. The second-order valence-electron chi connectivity index (χ2n) is 5.08. The lowest BCUT2D eigenvalue weighted by atomic mass is 10.1. The Morgan fingerprint density at radius 3 is 2.50 bits per heavy atom. The van der Waals surface area contributed by atoms with Crippen molar-refractivity contribution in [2.24, 2.45) is 0 Å². The van der Waals surface area contributed by atoms with Crippen molar-refractivity contribution in [1.82, 2.24) is 0 Å². The molecule has 0 aromatic heterocycles. The van der Waals surface area contributed by atoms with Crippen molar-refractivity contribution in [2.75, 3.05) is 5.32 Å². The number of amides is 1. The van der Waals surface area contributed by atoms with E-state index in [1.165, 1.54) is 6.92 Å². The van der Waals surface area contributed by atoms with Crippen molar-refractivity contribution >= 4 is 29.2 Å². The van der Waals surface area contributed by atoms with E-state index in [0.29, 0.717) is 21.8 Å². The standard InChI is InChI=1S/C18H15ClN2O3/c1-12(18(23)21-15-8-6-13(11-20)7-9-15)24-17(22)10-14-4-2-3-5-16(14)19/h2-9,12H,10H2,1H3,(H,21,23)/t12-/m1/s1. The number of carbonyl (C=O) groups is 2. The van der Waals surface area contributed by atoms with Gasteiger partial charge in [0.1, 0.15) is 0 Å². The first-order chi connectivity index (χ1) is 11.5. The monoisotopic (exact) mass is 342 g/mol. The maximum absolute atomic E-state index is 12.0. The van der Waals surface area contributed by atoms with Crippen LogP contribution in [0.2, 0.25) is 5.02 Å². The molecule has 0 saturated carbocycles. The second-order valence-corrected chi connectivity index (χ2v) is 5.49. The Hall–Kier alpha value is -2.84. The summed E-state index contributed by atoms with van der Waals surface area (Å²) in [5.74, 6) is -0.988. The van der Waals surface area contributed by atoms with Crippen LogP contribution in [0.4, 0.5) is 5.69 Å². The lowest BCUT2D eigenvalue weighted by Gasteiger charge is -2.14. The number of rotatable bonds is 5. The van der Waals surface area contributed by atoms with Gasteiger partial charge < -0.3 is 10.1 Å². The summed E-state index contributed by atoms with van der Waals surface area (Å²) in [4.78, 5) is 24.0. The fourth-order valence-electron chi connectivity index (χ4n) is 1.96. The van der Waals surface area contributed by atoms with Crippen molar-refractivity contribution in [3.63, 3.8) is 0 Å². The summed E-state index contributed by atoms with van der Waals surface area (Å²) in [5, 5.41) is 11.8. The van der Waals surface area contributed by atoms with Gasteiger partial charge in [-0.2, -0.15) is 5.26 Å². The quantitative estimate of drug-likeness (QED) is 0.845. The van der Waals surface area contributed by atoms with Crippen molar-refractivity contribution in [1.29, 1.82) is 5.26 Å². The van der Waals surface area contributed by atoms with E-state index in [2.05, 4.69) is 5.32 Å². The van der Waals surface area contributed by atoms with E-state index in [-0.39, 0.29) is 6.42 Å². The highest BCUT2D eigenvalue weighted by molar-refractivity contribution is 6.31. The Balaban J connectivity index is 1.89. The van der Waals surface area contributed by atoms with Gasteiger partial charge in [0.2, 0.25) is 0 Å². The molecule has 0 unspecified atom stereocenters. The minimum Gasteiger partial charge on any atom is -0.452 e. The van der Waals surface area contributed by atoms with Crippen LogP contribution in [0.3, 0.4) is 0 Å². The van der Waals surface area contributed by atoms with Crippen LogP contribution in [0.15, 0.2) is 48.5 Å². The molecule has 0 heterocycles. The van der Waals surface area contributed by atoms with Crippen LogP contribution >= 0.6 is 11.6 Å². The van der Waals surface area contributed by atoms with Crippen molar-refractivity contribution in [3.05, 3.63) is 64.7 Å². The molecule has 0 spiro atoms. The zero-order valence-corrected chi connectivity index (χ0v) is 13.7. The third-order valence-corrected chi connectivity index (χ3v) is 3.62. The van der Waals surface area contributed by atoms with Gasteiger partial charge in [-0.25, -0.2) is 0 Å². The van der Waals surface area contributed by atoms with Gasteiger partial charge in [0.25, 0.3) is 5.91 Å². The summed E-state index contributed by atoms with van der Waals surface area (Å²) in [6.45, 7) is 1.49. The lowest BCUT2D eigenvalue weighted by molar-refractivity contribution is -0.152. The summed E-state index contributed by atoms with van der Waals surface area (Å²) < 4.78 is 5.13. The maximum Gasteiger partial charge on any atom is 0.311 e. The van der Waals surface area contributed by atoms with Gasteiger partial charge in [-0.3, -0.25) is 9.59 Å². The molecule has 5 nitrogen and oxygen atoms in total. The van der Waals surface area contributed by atoms with Gasteiger partial charge >= 0.3 is 5.97 Å². The number of nitrogens with one attached hydrogen (secondary N) is 1. The summed E-state index contributed by atoms with van der Waals surface area (Å²) in [5.41, 5.74) is 1.66. The van der Waals surface area contributed by atoms with E-state index >= 15 is 0 Å². The number of carbonyl (C=O) groups excluding carboxylic acids is 2. The Morgan fingerprint density at radius 1 is 1.21 bits per heavy atom. The first-order valence-electron chi connectivity index (χ1n) is 7.23. The molecule has 0 fully saturated rings. The molecule has 2 aromatic rings. The summed E-state index contributed by atoms with van der Waals surface area (Å²) in [6.07, 6.45) is -0.954. The molecule has 0 radical (unpaired) electrons. The lowest BCUT2D eigenvalue weighted by Crippen LogP contribution is -2.30. The highest BCUT2D eigenvalue weighted by Gasteiger charge is 2.18.